The maximum absolute atomic E-state index is 12.7. The van der Waals surface area contributed by atoms with Gasteiger partial charge in [-0.05, 0) is 48.0 Å². The Morgan fingerprint density at radius 3 is 2.38 bits per heavy atom. The molecule has 0 fully saturated rings. The molecule has 124 valence electrons. The second-order valence-electron chi connectivity index (χ2n) is 4.77. The van der Waals surface area contributed by atoms with E-state index in [0.29, 0.717) is 11.4 Å². The number of anilines is 1. The third kappa shape index (κ3) is 5.57. The Kier molecular flexibility index (Phi) is 6.08. The van der Waals surface area contributed by atoms with E-state index in [1.807, 2.05) is 0 Å². The van der Waals surface area contributed by atoms with Gasteiger partial charge in [0, 0.05) is 11.8 Å². The monoisotopic (exact) mass is 329 g/mol. The zero-order valence-electron chi connectivity index (χ0n) is 13.0. The normalized spacial score (nSPS) is 10.4. The molecule has 0 aliphatic carbocycles. The van der Waals surface area contributed by atoms with Crippen LogP contribution in [0.4, 0.5) is 10.1 Å². The topological polar surface area (TPSA) is 64.6 Å². The number of esters is 1. The van der Waals surface area contributed by atoms with Crippen molar-refractivity contribution < 1.29 is 23.5 Å². The van der Waals surface area contributed by atoms with Crippen LogP contribution in [-0.4, -0.2) is 25.6 Å². The van der Waals surface area contributed by atoms with Crippen molar-refractivity contribution in [3.63, 3.8) is 0 Å². The number of hydrogen-bond acceptors (Lipinski definition) is 4. The van der Waals surface area contributed by atoms with Crippen molar-refractivity contribution in [1.29, 1.82) is 0 Å². The summed E-state index contributed by atoms with van der Waals surface area (Å²) >= 11 is 0. The highest BCUT2D eigenvalue weighted by Crippen LogP contribution is 2.12. The average Bonchev–Trinajstić information content (AvgIpc) is 2.60. The number of nitrogens with one attached hydrogen (secondary N) is 1. The molecule has 0 saturated heterocycles. The van der Waals surface area contributed by atoms with E-state index in [-0.39, 0.29) is 0 Å². The van der Waals surface area contributed by atoms with E-state index in [9.17, 15) is 14.0 Å². The standard InChI is InChI=1S/C18H16FNO4/c1-23-16-9-2-13(3-10-16)4-11-18(22)24-12-17(21)20-15-7-5-14(19)6-8-15/h2-11H,12H2,1H3,(H,20,21). The molecule has 2 aromatic rings. The van der Waals surface area contributed by atoms with Crippen molar-refractivity contribution in [2.75, 3.05) is 19.0 Å². The van der Waals surface area contributed by atoms with Crippen LogP contribution < -0.4 is 10.1 Å². The molecule has 2 rings (SSSR count). The summed E-state index contributed by atoms with van der Waals surface area (Å²) in [6.07, 6.45) is 2.80. The fraction of sp³-hybridized carbons (Fsp3) is 0.111. The van der Waals surface area contributed by atoms with E-state index in [1.54, 1.807) is 37.5 Å². The first-order valence-corrected chi connectivity index (χ1v) is 7.11. The third-order valence-corrected chi connectivity index (χ3v) is 3.00. The molecule has 0 heterocycles. The van der Waals surface area contributed by atoms with Crippen LogP contribution >= 0.6 is 0 Å². The van der Waals surface area contributed by atoms with Crippen molar-refractivity contribution in [1.82, 2.24) is 0 Å². The quantitative estimate of drug-likeness (QED) is 0.653. The molecule has 1 N–H and O–H groups in total. The smallest absolute Gasteiger partial charge is 0.331 e. The van der Waals surface area contributed by atoms with Crippen molar-refractivity contribution in [3.8, 4) is 5.75 Å². The second kappa shape index (κ2) is 8.47. The Morgan fingerprint density at radius 1 is 1.08 bits per heavy atom. The number of rotatable bonds is 6. The van der Waals surface area contributed by atoms with Gasteiger partial charge < -0.3 is 14.8 Å². The van der Waals surface area contributed by atoms with E-state index in [1.165, 1.54) is 30.3 Å². The van der Waals surface area contributed by atoms with Crippen LogP contribution in [0.1, 0.15) is 5.56 Å². The summed E-state index contributed by atoms with van der Waals surface area (Å²) in [6, 6.07) is 12.4. The number of ether oxygens (including phenoxy) is 2. The SMILES string of the molecule is COc1ccc(C=CC(=O)OCC(=O)Nc2ccc(F)cc2)cc1. The van der Waals surface area contributed by atoms with Crippen LogP contribution in [0.3, 0.4) is 0 Å². The van der Waals surface area contributed by atoms with Crippen molar-refractivity contribution in [3.05, 3.63) is 66.0 Å². The summed E-state index contributed by atoms with van der Waals surface area (Å²) in [7, 11) is 1.57. The van der Waals surface area contributed by atoms with Gasteiger partial charge in [-0.3, -0.25) is 4.79 Å². The average molecular weight is 329 g/mol. The zero-order valence-corrected chi connectivity index (χ0v) is 13.0. The first kappa shape index (κ1) is 17.2. The molecule has 5 nitrogen and oxygen atoms in total. The summed E-state index contributed by atoms with van der Waals surface area (Å²) < 4.78 is 22.6. The number of hydrogen-bond donors (Lipinski definition) is 1. The van der Waals surface area contributed by atoms with Crippen molar-refractivity contribution >= 4 is 23.6 Å². The van der Waals surface area contributed by atoms with Gasteiger partial charge in [0.1, 0.15) is 11.6 Å². The van der Waals surface area contributed by atoms with Crippen LogP contribution in [0.5, 0.6) is 5.75 Å². The van der Waals surface area contributed by atoms with E-state index >= 15 is 0 Å². The number of benzene rings is 2. The van der Waals surface area contributed by atoms with Crippen molar-refractivity contribution in [2.24, 2.45) is 0 Å². The van der Waals surface area contributed by atoms with Gasteiger partial charge in [0.05, 0.1) is 7.11 Å². The highest BCUT2D eigenvalue weighted by molar-refractivity contribution is 5.94. The molecule has 1 amide bonds. The largest absolute Gasteiger partial charge is 0.497 e. The number of halogens is 1. The van der Waals surface area contributed by atoms with Crippen LogP contribution in [0.25, 0.3) is 6.08 Å². The molecule has 2 aromatic carbocycles. The highest BCUT2D eigenvalue weighted by Gasteiger charge is 2.05. The predicted octanol–water partition coefficient (Wildman–Crippen LogP) is 3.03. The van der Waals surface area contributed by atoms with Crippen LogP contribution in [-0.2, 0) is 14.3 Å². The van der Waals surface area contributed by atoms with E-state index in [0.717, 1.165) is 5.56 Å². The molecular formula is C18H16FNO4. The van der Waals surface area contributed by atoms with Gasteiger partial charge in [-0.1, -0.05) is 12.1 Å². The maximum Gasteiger partial charge on any atom is 0.331 e. The number of carbonyl (C=O) groups excluding carboxylic acids is 2. The Bertz CT molecular complexity index is 724. The van der Waals surface area contributed by atoms with Crippen LogP contribution in [0.2, 0.25) is 0 Å². The molecule has 6 heteroatoms. The van der Waals surface area contributed by atoms with Gasteiger partial charge in [-0.15, -0.1) is 0 Å². The molecule has 0 aromatic heterocycles. The van der Waals surface area contributed by atoms with Crippen LogP contribution in [0.15, 0.2) is 54.6 Å². The molecule has 0 spiro atoms. The van der Waals surface area contributed by atoms with Gasteiger partial charge in [-0.25, -0.2) is 9.18 Å². The molecule has 24 heavy (non-hydrogen) atoms. The molecule has 0 unspecified atom stereocenters. The Balaban J connectivity index is 1.78. The van der Waals surface area contributed by atoms with E-state index in [4.69, 9.17) is 9.47 Å². The molecule has 0 saturated carbocycles. The Hall–Kier alpha value is -3.15. The number of amides is 1. The summed E-state index contributed by atoms with van der Waals surface area (Å²) in [4.78, 5) is 23.2. The lowest BCUT2D eigenvalue weighted by Gasteiger charge is -2.05. The fourth-order valence-corrected chi connectivity index (χ4v) is 1.79. The van der Waals surface area contributed by atoms with Gasteiger partial charge in [0.15, 0.2) is 6.61 Å². The fourth-order valence-electron chi connectivity index (χ4n) is 1.79. The predicted molar refractivity (Wildman–Crippen MR) is 88.0 cm³/mol. The number of methoxy groups -OCH3 is 1. The number of carbonyl (C=O) groups is 2. The van der Waals surface area contributed by atoms with Gasteiger partial charge >= 0.3 is 5.97 Å². The summed E-state index contributed by atoms with van der Waals surface area (Å²) in [6.45, 7) is -0.427. The minimum atomic E-state index is -0.639. The molecule has 0 aliphatic rings. The molecule has 0 atom stereocenters. The molecule has 0 bridgehead atoms. The third-order valence-electron chi connectivity index (χ3n) is 3.00. The lowest BCUT2D eigenvalue weighted by molar-refractivity contribution is -0.142. The highest BCUT2D eigenvalue weighted by atomic mass is 19.1. The van der Waals surface area contributed by atoms with Gasteiger partial charge in [0.25, 0.3) is 5.91 Å². The van der Waals surface area contributed by atoms with E-state index in [2.05, 4.69) is 5.32 Å². The Labute approximate surface area is 138 Å². The second-order valence-corrected chi connectivity index (χ2v) is 4.77. The van der Waals surface area contributed by atoms with E-state index < -0.39 is 24.3 Å². The maximum atomic E-state index is 12.7. The van der Waals surface area contributed by atoms with Gasteiger partial charge in [-0.2, -0.15) is 0 Å². The summed E-state index contributed by atoms with van der Waals surface area (Å²) in [5.41, 5.74) is 1.22. The van der Waals surface area contributed by atoms with Crippen LogP contribution in [0, 0.1) is 5.82 Å². The van der Waals surface area contributed by atoms with Gasteiger partial charge in [0.2, 0.25) is 0 Å². The lowest BCUT2D eigenvalue weighted by atomic mass is 10.2. The first-order chi connectivity index (χ1) is 11.6. The van der Waals surface area contributed by atoms with Crippen molar-refractivity contribution in [2.45, 2.75) is 0 Å². The minimum absolute atomic E-state index is 0.400. The Morgan fingerprint density at radius 2 is 1.75 bits per heavy atom. The lowest BCUT2D eigenvalue weighted by Crippen LogP contribution is -2.20. The minimum Gasteiger partial charge on any atom is -0.497 e. The molecular weight excluding hydrogens is 313 g/mol. The first-order valence-electron chi connectivity index (χ1n) is 7.11. The summed E-state index contributed by atoms with van der Waals surface area (Å²) in [5, 5.41) is 2.49. The molecule has 0 radical (unpaired) electrons. The summed E-state index contributed by atoms with van der Waals surface area (Å²) in [5.74, 6) is -0.830. The zero-order chi connectivity index (χ0) is 17.4. The molecule has 0 aliphatic heterocycles.